The van der Waals surface area contributed by atoms with E-state index in [9.17, 15) is 14.7 Å². The summed E-state index contributed by atoms with van der Waals surface area (Å²) in [5.41, 5.74) is 14.5. The molecule has 152 valence electrons. The molecule has 3 heterocycles. The molecule has 0 aliphatic carbocycles. The number of nitrogens with two attached hydrogens (primary N) is 2. The molecule has 0 radical (unpaired) electrons. The van der Waals surface area contributed by atoms with Crippen LogP contribution in [0.25, 0.3) is 20.3 Å². The van der Waals surface area contributed by atoms with Gasteiger partial charge < -0.3 is 16.6 Å². The number of aromatic nitrogens is 1. The second-order valence-corrected chi connectivity index (χ2v) is 9.21. The van der Waals surface area contributed by atoms with E-state index in [1.165, 1.54) is 28.7 Å². The van der Waals surface area contributed by atoms with Crippen LogP contribution in [0.5, 0.6) is 5.75 Å². The Morgan fingerprint density at radius 2 is 1.52 bits per heavy atom. The predicted molar refractivity (Wildman–Crippen MR) is 125 cm³/mol. The maximum atomic E-state index is 13.3. The average Bonchev–Trinajstić information content (AvgIpc) is 3.30. The molecule has 5 N–H and O–H groups in total. The molecule has 0 amide bonds. The summed E-state index contributed by atoms with van der Waals surface area (Å²) in [7, 11) is 0. The van der Waals surface area contributed by atoms with Crippen molar-refractivity contribution in [2.45, 2.75) is 0 Å². The molecule has 31 heavy (non-hydrogen) atoms. The number of rotatable bonds is 4. The van der Waals surface area contributed by atoms with Crippen LogP contribution in [-0.2, 0) is 0 Å². The van der Waals surface area contributed by atoms with E-state index in [0.29, 0.717) is 42.9 Å². The topological polar surface area (TPSA) is 119 Å². The number of nitrogen functional groups attached to an aromatic ring is 2. The highest BCUT2D eigenvalue weighted by atomic mass is 32.2. The van der Waals surface area contributed by atoms with Gasteiger partial charge in [0.15, 0.2) is 0 Å². The van der Waals surface area contributed by atoms with E-state index in [1.54, 1.807) is 48.7 Å². The van der Waals surface area contributed by atoms with Crippen LogP contribution in [0.15, 0.2) is 60.8 Å². The Bertz CT molecular complexity index is 1500. The molecule has 0 bridgehead atoms. The third kappa shape index (κ3) is 2.96. The Labute approximate surface area is 184 Å². The molecule has 5 rings (SSSR count). The van der Waals surface area contributed by atoms with E-state index >= 15 is 0 Å². The van der Waals surface area contributed by atoms with Crippen LogP contribution < -0.4 is 11.5 Å². The van der Waals surface area contributed by atoms with Crippen molar-refractivity contribution in [2.75, 3.05) is 11.5 Å². The zero-order valence-corrected chi connectivity index (χ0v) is 17.6. The summed E-state index contributed by atoms with van der Waals surface area (Å²) in [5.74, 6) is -0.450. The number of phenolic OH excluding ortho intramolecular Hbond substituents is 1. The quantitative estimate of drug-likeness (QED) is 0.341. The van der Waals surface area contributed by atoms with E-state index in [4.69, 9.17) is 11.5 Å². The number of thiophene rings is 2. The Kier molecular flexibility index (Phi) is 4.46. The van der Waals surface area contributed by atoms with Crippen molar-refractivity contribution in [1.29, 1.82) is 0 Å². The van der Waals surface area contributed by atoms with Gasteiger partial charge in [0, 0.05) is 22.7 Å². The summed E-state index contributed by atoms with van der Waals surface area (Å²) in [4.78, 5) is 31.1. The second kappa shape index (κ2) is 7.19. The molecule has 0 saturated carbocycles. The van der Waals surface area contributed by atoms with Crippen molar-refractivity contribution in [2.24, 2.45) is 0 Å². The van der Waals surface area contributed by atoms with Crippen molar-refractivity contribution < 1.29 is 14.7 Å². The van der Waals surface area contributed by atoms with Crippen LogP contribution in [-0.4, -0.2) is 21.7 Å². The molecule has 0 aliphatic heterocycles. The maximum Gasteiger partial charge on any atom is 0.205 e. The number of carbonyl (C=O) groups excluding carboxylic acids is 2. The minimum atomic E-state index is -0.278. The number of benzene rings is 2. The fraction of sp³-hybridized carbons (Fsp3) is 0. The van der Waals surface area contributed by atoms with Gasteiger partial charge in [-0.05, 0) is 18.2 Å². The van der Waals surface area contributed by atoms with Gasteiger partial charge in [-0.25, -0.2) is 0 Å². The molecular formula is C23H15N3O3S2. The minimum Gasteiger partial charge on any atom is -0.506 e. The molecule has 0 aliphatic rings. The molecule has 0 fully saturated rings. The fourth-order valence-electron chi connectivity index (χ4n) is 3.55. The standard InChI is InChI=1S/C23H15N3O3S2/c24-16-15-17(25)22(20(29)13-8-9-14(27)18-12(13)7-4-10-26-18)31-23(15)30-21(16)19(28)11-5-2-1-3-6-11/h1-10,27H,24-25H2. The van der Waals surface area contributed by atoms with Crippen LogP contribution in [0.1, 0.15) is 30.5 Å². The average molecular weight is 446 g/mol. The van der Waals surface area contributed by atoms with Crippen LogP contribution in [0, 0.1) is 0 Å². The van der Waals surface area contributed by atoms with Gasteiger partial charge >= 0.3 is 0 Å². The number of nitrogens with zero attached hydrogens (tertiary/aromatic N) is 1. The molecule has 8 heteroatoms. The van der Waals surface area contributed by atoms with Gasteiger partial charge in [0.05, 0.1) is 20.8 Å². The zero-order chi connectivity index (χ0) is 21.7. The molecular weight excluding hydrogens is 430 g/mol. The Morgan fingerprint density at radius 1 is 0.839 bits per heavy atom. The number of carbonyl (C=O) groups is 2. The minimum absolute atomic E-state index is 0.000551. The number of hydrogen-bond acceptors (Lipinski definition) is 8. The zero-order valence-electron chi connectivity index (χ0n) is 16.0. The van der Waals surface area contributed by atoms with E-state index < -0.39 is 0 Å². The first kappa shape index (κ1) is 19.2. The SMILES string of the molecule is Nc1c(C(=O)c2ccccc2)sc2sc(C(=O)c3ccc(O)c4ncccc34)c(N)c12. The van der Waals surface area contributed by atoms with Crippen LogP contribution in [0.3, 0.4) is 0 Å². The number of hydrogen-bond donors (Lipinski definition) is 3. The van der Waals surface area contributed by atoms with Gasteiger partial charge in [-0.1, -0.05) is 36.4 Å². The van der Waals surface area contributed by atoms with Crippen molar-refractivity contribution in [3.05, 3.63) is 81.7 Å². The number of fused-ring (bicyclic) bond motifs is 2. The van der Waals surface area contributed by atoms with Gasteiger partial charge in [-0.15, -0.1) is 22.7 Å². The lowest BCUT2D eigenvalue weighted by Gasteiger charge is -2.06. The summed E-state index contributed by atoms with van der Waals surface area (Å²) in [6.45, 7) is 0. The molecule has 0 saturated heterocycles. The number of ketones is 2. The highest BCUT2D eigenvalue weighted by Crippen LogP contribution is 2.46. The van der Waals surface area contributed by atoms with Crippen LogP contribution in [0.4, 0.5) is 11.4 Å². The molecule has 0 spiro atoms. The summed E-state index contributed by atoms with van der Waals surface area (Å²) < 4.78 is 0.721. The highest BCUT2D eigenvalue weighted by molar-refractivity contribution is 7.40. The number of aromatic hydroxyl groups is 1. The van der Waals surface area contributed by atoms with E-state index in [2.05, 4.69) is 4.98 Å². The second-order valence-electron chi connectivity index (χ2n) is 6.91. The lowest BCUT2D eigenvalue weighted by atomic mass is 10.0. The first-order valence-electron chi connectivity index (χ1n) is 9.28. The van der Waals surface area contributed by atoms with Crippen molar-refractivity contribution in [3.8, 4) is 5.75 Å². The Hall–Kier alpha value is -3.75. The van der Waals surface area contributed by atoms with Gasteiger partial charge in [0.1, 0.15) is 21.0 Å². The van der Waals surface area contributed by atoms with Crippen LogP contribution >= 0.6 is 22.7 Å². The normalized spacial score (nSPS) is 11.2. The van der Waals surface area contributed by atoms with Crippen molar-refractivity contribution in [1.82, 2.24) is 4.98 Å². The smallest absolute Gasteiger partial charge is 0.205 e. The molecule has 5 aromatic rings. The van der Waals surface area contributed by atoms with Gasteiger partial charge in [-0.3, -0.25) is 14.6 Å². The third-order valence-electron chi connectivity index (χ3n) is 5.06. The molecule has 2 aromatic carbocycles. The van der Waals surface area contributed by atoms with E-state index in [1.807, 2.05) is 6.07 Å². The molecule has 0 atom stereocenters. The predicted octanol–water partition coefficient (Wildman–Crippen LogP) is 4.84. The first-order valence-corrected chi connectivity index (χ1v) is 10.9. The number of phenols is 1. The van der Waals surface area contributed by atoms with E-state index in [-0.39, 0.29) is 23.0 Å². The maximum absolute atomic E-state index is 13.3. The van der Waals surface area contributed by atoms with Gasteiger partial charge in [0.2, 0.25) is 11.6 Å². The number of pyridine rings is 1. The van der Waals surface area contributed by atoms with Crippen LogP contribution in [0.2, 0.25) is 0 Å². The summed E-state index contributed by atoms with van der Waals surface area (Å²) in [6.07, 6.45) is 1.55. The fourth-order valence-corrected chi connectivity index (χ4v) is 6.06. The van der Waals surface area contributed by atoms with Crippen molar-refractivity contribution >= 4 is 65.9 Å². The molecule has 6 nitrogen and oxygen atoms in total. The molecule has 3 aromatic heterocycles. The Morgan fingerprint density at radius 3 is 2.19 bits per heavy atom. The first-order chi connectivity index (χ1) is 15.0. The monoisotopic (exact) mass is 445 g/mol. The van der Waals surface area contributed by atoms with Crippen molar-refractivity contribution in [3.63, 3.8) is 0 Å². The van der Waals surface area contributed by atoms with Gasteiger partial charge in [0.25, 0.3) is 0 Å². The largest absolute Gasteiger partial charge is 0.506 e. The molecule has 0 unspecified atom stereocenters. The lowest BCUT2D eigenvalue weighted by molar-refractivity contribution is 0.103. The third-order valence-corrected chi connectivity index (χ3v) is 7.56. The highest BCUT2D eigenvalue weighted by Gasteiger charge is 2.26. The summed E-state index contributed by atoms with van der Waals surface area (Å²) in [5, 5.41) is 11.1. The number of anilines is 2. The summed E-state index contributed by atoms with van der Waals surface area (Å²) in [6, 6.07) is 15.3. The Balaban J connectivity index is 1.62. The van der Waals surface area contributed by atoms with Gasteiger partial charge in [-0.2, -0.15) is 0 Å². The summed E-state index contributed by atoms with van der Waals surface area (Å²) >= 11 is 2.46. The lowest BCUT2D eigenvalue weighted by Crippen LogP contribution is -2.05. The van der Waals surface area contributed by atoms with E-state index in [0.717, 1.165) is 4.01 Å².